The van der Waals surface area contributed by atoms with Crippen molar-refractivity contribution in [1.29, 1.82) is 0 Å². The number of amides is 2. The summed E-state index contributed by atoms with van der Waals surface area (Å²) in [5.74, 6) is 0.614. The van der Waals surface area contributed by atoms with Crippen molar-refractivity contribution in [1.82, 2.24) is 10.2 Å². The van der Waals surface area contributed by atoms with Gasteiger partial charge in [0.1, 0.15) is 6.04 Å². The van der Waals surface area contributed by atoms with Gasteiger partial charge >= 0.3 is 0 Å². The minimum absolute atomic E-state index is 0.00910. The summed E-state index contributed by atoms with van der Waals surface area (Å²) in [5.41, 5.74) is 2.20. The van der Waals surface area contributed by atoms with Gasteiger partial charge in [0, 0.05) is 30.2 Å². The van der Waals surface area contributed by atoms with Crippen molar-refractivity contribution in [3.63, 3.8) is 0 Å². The third-order valence-electron chi connectivity index (χ3n) is 4.93. The van der Waals surface area contributed by atoms with Crippen LogP contribution >= 0.6 is 11.8 Å². The minimum Gasteiger partial charge on any atom is -0.354 e. The average Bonchev–Trinajstić information content (AvgIpc) is 2.73. The Morgan fingerprint density at radius 1 is 1.07 bits per heavy atom. The third kappa shape index (κ3) is 7.58. The van der Waals surface area contributed by atoms with E-state index in [1.807, 2.05) is 68.4 Å². The van der Waals surface area contributed by atoms with Crippen LogP contribution in [0.5, 0.6) is 0 Å². The predicted molar refractivity (Wildman–Crippen MR) is 121 cm³/mol. The lowest BCUT2D eigenvalue weighted by molar-refractivity contribution is -0.140. The van der Waals surface area contributed by atoms with E-state index in [0.29, 0.717) is 25.3 Å². The normalized spacial score (nSPS) is 11.7. The maximum absolute atomic E-state index is 13.1. The molecule has 0 aliphatic heterocycles. The number of unbranched alkanes of at least 4 members (excludes halogenated alkanes) is 1. The first-order chi connectivity index (χ1) is 14.0. The summed E-state index contributed by atoms with van der Waals surface area (Å²) in [6.45, 7) is 7.05. The van der Waals surface area contributed by atoms with Gasteiger partial charge in [0.2, 0.25) is 11.8 Å². The van der Waals surface area contributed by atoms with Gasteiger partial charge in [0.05, 0.1) is 0 Å². The highest BCUT2D eigenvalue weighted by Gasteiger charge is 2.26. The molecule has 2 rings (SSSR count). The predicted octanol–water partition coefficient (Wildman–Crippen LogP) is 4.81. The van der Waals surface area contributed by atoms with Crippen molar-refractivity contribution in [2.45, 2.75) is 57.5 Å². The van der Waals surface area contributed by atoms with Gasteiger partial charge in [-0.3, -0.25) is 9.59 Å². The summed E-state index contributed by atoms with van der Waals surface area (Å²) in [6.07, 6.45) is 2.37. The van der Waals surface area contributed by atoms with Crippen LogP contribution in [0.3, 0.4) is 0 Å². The molecule has 29 heavy (non-hydrogen) atoms. The quantitative estimate of drug-likeness (QED) is 0.426. The van der Waals surface area contributed by atoms with E-state index in [0.717, 1.165) is 28.9 Å². The molecule has 0 aliphatic rings. The lowest BCUT2D eigenvalue weighted by Crippen LogP contribution is -2.48. The van der Waals surface area contributed by atoms with Crippen molar-refractivity contribution < 1.29 is 9.59 Å². The summed E-state index contributed by atoms with van der Waals surface area (Å²) in [5, 5.41) is 2.96. The van der Waals surface area contributed by atoms with Crippen LogP contribution in [0.1, 0.15) is 44.2 Å². The number of rotatable bonds is 11. The van der Waals surface area contributed by atoms with Crippen LogP contribution in [0.25, 0.3) is 0 Å². The van der Waals surface area contributed by atoms with E-state index < -0.39 is 6.04 Å². The van der Waals surface area contributed by atoms with Crippen molar-refractivity contribution in [3.8, 4) is 0 Å². The Kier molecular flexibility index (Phi) is 9.78. The second kappa shape index (κ2) is 12.3. The number of thioether (sulfide) groups is 1. The molecule has 0 radical (unpaired) electrons. The van der Waals surface area contributed by atoms with Crippen molar-refractivity contribution in [3.05, 3.63) is 65.7 Å². The van der Waals surface area contributed by atoms with Crippen LogP contribution < -0.4 is 5.32 Å². The molecule has 2 aromatic rings. The second-order valence-corrected chi connectivity index (χ2v) is 8.35. The Bertz CT molecular complexity index is 779. The van der Waals surface area contributed by atoms with Crippen molar-refractivity contribution >= 4 is 23.6 Å². The first-order valence-electron chi connectivity index (χ1n) is 10.3. The maximum atomic E-state index is 13.1. The largest absolute Gasteiger partial charge is 0.354 e. The smallest absolute Gasteiger partial charge is 0.242 e. The van der Waals surface area contributed by atoms with E-state index in [1.165, 1.54) is 0 Å². The standard InChI is InChI=1S/C24H32N2O2S/c1-4-5-16-25-24(28)20(3)26(18-21-12-10-9-11-19(21)2)23(27)15-17-29-22-13-7-6-8-14-22/h6-14,20H,4-5,15-18H2,1-3H3,(H,25,28). The average molecular weight is 413 g/mol. The molecule has 0 aliphatic carbocycles. The van der Waals surface area contributed by atoms with Crippen LogP contribution in [0.2, 0.25) is 0 Å². The molecule has 2 aromatic carbocycles. The van der Waals surface area contributed by atoms with E-state index in [4.69, 9.17) is 0 Å². The fourth-order valence-electron chi connectivity index (χ4n) is 3.01. The van der Waals surface area contributed by atoms with Crippen molar-refractivity contribution in [2.75, 3.05) is 12.3 Å². The van der Waals surface area contributed by atoms with Crippen LogP contribution in [0, 0.1) is 6.92 Å². The number of benzene rings is 2. The van der Waals surface area contributed by atoms with Gasteiger partial charge in [-0.15, -0.1) is 11.8 Å². The highest BCUT2D eigenvalue weighted by atomic mass is 32.2. The van der Waals surface area contributed by atoms with E-state index in [9.17, 15) is 9.59 Å². The molecule has 5 heteroatoms. The number of carbonyl (C=O) groups is 2. The molecule has 2 amide bonds. The maximum Gasteiger partial charge on any atom is 0.242 e. The summed E-state index contributed by atoms with van der Waals surface area (Å²) in [4.78, 5) is 28.5. The van der Waals surface area contributed by atoms with Gasteiger partial charge in [-0.1, -0.05) is 55.8 Å². The van der Waals surface area contributed by atoms with Crippen LogP contribution in [-0.4, -0.2) is 35.1 Å². The lowest BCUT2D eigenvalue weighted by atomic mass is 10.1. The molecule has 0 bridgehead atoms. The van der Waals surface area contributed by atoms with Gasteiger partial charge < -0.3 is 10.2 Å². The molecule has 0 saturated carbocycles. The molecule has 0 heterocycles. The number of aryl methyl sites for hydroxylation is 1. The van der Waals surface area contributed by atoms with Crippen LogP contribution in [-0.2, 0) is 16.1 Å². The van der Waals surface area contributed by atoms with Gasteiger partial charge in [-0.2, -0.15) is 0 Å². The van der Waals surface area contributed by atoms with Gasteiger partial charge in [-0.25, -0.2) is 0 Å². The summed E-state index contributed by atoms with van der Waals surface area (Å²) >= 11 is 1.66. The summed E-state index contributed by atoms with van der Waals surface area (Å²) in [7, 11) is 0. The number of hydrogen-bond acceptors (Lipinski definition) is 3. The van der Waals surface area contributed by atoms with Crippen LogP contribution in [0.4, 0.5) is 0 Å². The molecule has 4 nitrogen and oxygen atoms in total. The number of nitrogens with one attached hydrogen (secondary N) is 1. The number of carbonyl (C=O) groups excluding carboxylic acids is 2. The zero-order valence-corrected chi connectivity index (χ0v) is 18.5. The van der Waals surface area contributed by atoms with Crippen molar-refractivity contribution in [2.24, 2.45) is 0 Å². The van der Waals surface area contributed by atoms with E-state index in [-0.39, 0.29) is 11.8 Å². The lowest BCUT2D eigenvalue weighted by Gasteiger charge is -2.29. The zero-order chi connectivity index (χ0) is 21.1. The SMILES string of the molecule is CCCCNC(=O)C(C)N(Cc1ccccc1C)C(=O)CCSc1ccccc1. The molecule has 0 aromatic heterocycles. The molecular formula is C24H32N2O2S. The second-order valence-electron chi connectivity index (χ2n) is 7.18. The van der Waals surface area contributed by atoms with Gasteiger partial charge in [0.25, 0.3) is 0 Å². The Labute approximate surface area is 179 Å². The molecule has 1 unspecified atom stereocenters. The Balaban J connectivity index is 2.04. The highest BCUT2D eigenvalue weighted by molar-refractivity contribution is 7.99. The molecular weight excluding hydrogens is 380 g/mol. The Hall–Kier alpha value is -2.27. The fourth-order valence-corrected chi connectivity index (χ4v) is 3.87. The van der Waals surface area contributed by atoms with Gasteiger partial charge in [-0.05, 0) is 43.5 Å². The van der Waals surface area contributed by atoms with E-state index in [2.05, 4.69) is 12.2 Å². The minimum atomic E-state index is -0.499. The topological polar surface area (TPSA) is 49.4 Å². The summed E-state index contributed by atoms with van der Waals surface area (Å²) in [6, 6.07) is 17.6. The molecule has 0 saturated heterocycles. The number of nitrogens with zero attached hydrogens (tertiary/aromatic N) is 1. The first-order valence-corrected chi connectivity index (χ1v) is 11.3. The number of hydrogen-bond donors (Lipinski definition) is 1. The van der Waals surface area contributed by atoms with Crippen LogP contribution in [0.15, 0.2) is 59.5 Å². The third-order valence-corrected chi connectivity index (χ3v) is 5.94. The molecule has 1 N–H and O–H groups in total. The summed E-state index contributed by atoms with van der Waals surface area (Å²) < 4.78 is 0. The fraction of sp³-hybridized carbons (Fsp3) is 0.417. The molecule has 0 fully saturated rings. The first kappa shape index (κ1) is 23.0. The van der Waals surface area contributed by atoms with Gasteiger partial charge in [0.15, 0.2) is 0 Å². The molecule has 1 atom stereocenters. The molecule has 156 valence electrons. The highest BCUT2D eigenvalue weighted by Crippen LogP contribution is 2.20. The zero-order valence-electron chi connectivity index (χ0n) is 17.7. The molecule has 0 spiro atoms. The van der Waals surface area contributed by atoms with E-state index >= 15 is 0 Å². The van der Waals surface area contributed by atoms with E-state index in [1.54, 1.807) is 16.7 Å². The Morgan fingerprint density at radius 2 is 1.76 bits per heavy atom. The Morgan fingerprint density at radius 3 is 2.45 bits per heavy atom. The monoisotopic (exact) mass is 412 g/mol.